The van der Waals surface area contributed by atoms with E-state index < -0.39 is 0 Å². The Hall–Kier alpha value is -1.70. The quantitative estimate of drug-likeness (QED) is 0.554. The lowest BCUT2D eigenvalue weighted by atomic mass is 9.87. The zero-order valence-electron chi connectivity index (χ0n) is 15.0. The second kappa shape index (κ2) is 5.83. The van der Waals surface area contributed by atoms with E-state index in [1.54, 1.807) is 0 Å². The molecular formula is C20H29NO+2. The van der Waals surface area contributed by atoms with E-state index in [1.807, 2.05) is 0 Å². The molecule has 0 saturated carbocycles. The van der Waals surface area contributed by atoms with Gasteiger partial charge in [0.25, 0.3) is 0 Å². The minimum atomic E-state index is -0.00583. The van der Waals surface area contributed by atoms with Crippen LogP contribution in [0.3, 0.4) is 0 Å². The second-order valence-electron chi connectivity index (χ2n) is 7.99. The predicted molar refractivity (Wildman–Crippen MR) is 91.8 cm³/mol. The van der Waals surface area contributed by atoms with Crippen molar-refractivity contribution < 1.29 is 8.98 Å². The number of aromatic nitrogens is 1. The number of hydrogen-bond donors (Lipinski definition) is 0. The molecule has 2 aromatic heterocycles. The zero-order chi connectivity index (χ0) is 16.5. The summed E-state index contributed by atoms with van der Waals surface area (Å²) in [4.78, 5) is 0. The third-order valence-electron chi connectivity index (χ3n) is 3.86. The number of rotatable bonds is 2. The van der Waals surface area contributed by atoms with Crippen molar-refractivity contribution in [2.75, 3.05) is 0 Å². The predicted octanol–water partition coefficient (Wildman–Crippen LogP) is 5.13. The fourth-order valence-electron chi connectivity index (χ4n) is 2.27. The van der Waals surface area contributed by atoms with Gasteiger partial charge in [-0.3, -0.25) is 0 Å². The topological polar surface area (TPSA) is 15.2 Å². The molecule has 2 heteroatoms. The van der Waals surface area contributed by atoms with Gasteiger partial charge >= 0.3 is 11.5 Å². The third kappa shape index (κ3) is 3.73. The molecule has 0 saturated heterocycles. The van der Waals surface area contributed by atoms with Crippen LogP contribution >= 0.6 is 0 Å². The highest BCUT2D eigenvalue weighted by Crippen LogP contribution is 2.33. The standard InChI is InChI=1S/C20H29NO/c1-8-21-11-9-15(10-12-21)16-13-17(19(2,3)4)22-18(14-16)20(5,6)7/h9-14H,8H2,1-7H3/q+2. The first-order valence-electron chi connectivity index (χ1n) is 8.10. The molecule has 2 heterocycles. The highest BCUT2D eigenvalue weighted by atomic mass is 16.3. The van der Waals surface area contributed by atoms with E-state index in [4.69, 9.17) is 4.42 Å². The van der Waals surface area contributed by atoms with Crippen LogP contribution in [0.4, 0.5) is 0 Å². The molecule has 0 radical (unpaired) electrons. The van der Waals surface area contributed by atoms with Gasteiger partial charge in [0.05, 0.1) is 10.8 Å². The molecule has 0 amide bonds. The summed E-state index contributed by atoms with van der Waals surface area (Å²) in [6.07, 6.45) is 4.26. The zero-order valence-corrected chi connectivity index (χ0v) is 15.0. The molecule has 2 aromatic rings. The van der Waals surface area contributed by atoms with Crippen molar-refractivity contribution in [3.63, 3.8) is 0 Å². The normalized spacial score (nSPS) is 12.5. The van der Waals surface area contributed by atoms with Gasteiger partial charge in [-0.1, -0.05) is 0 Å². The average molecular weight is 299 g/mol. The number of aryl methyl sites for hydroxylation is 1. The molecule has 0 spiro atoms. The molecule has 0 aliphatic heterocycles. The maximum absolute atomic E-state index is 6.21. The number of hydrogen-bond acceptors (Lipinski definition) is 0. The maximum atomic E-state index is 6.21. The first kappa shape index (κ1) is 16.7. The molecule has 2 rings (SSSR count). The molecule has 0 aliphatic rings. The fourth-order valence-corrected chi connectivity index (χ4v) is 2.27. The van der Waals surface area contributed by atoms with E-state index >= 15 is 0 Å². The van der Waals surface area contributed by atoms with Crippen molar-refractivity contribution in [3.05, 3.63) is 48.2 Å². The van der Waals surface area contributed by atoms with Gasteiger partial charge in [-0.05, 0) is 54.0 Å². The number of nitrogens with zero attached hydrogens (tertiary/aromatic N) is 1. The molecule has 0 aromatic carbocycles. The van der Waals surface area contributed by atoms with Crippen LogP contribution < -0.4 is 4.57 Å². The Morgan fingerprint density at radius 2 is 1.27 bits per heavy atom. The average Bonchev–Trinajstić information content (AvgIpc) is 2.45. The van der Waals surface area contributed by atoms with Crippen LogP contribution in [-0.4, -0.2) is 0 Å². The maximum Gasteiger partial charge on any atom is 0.335 e. The second-order valence-corrected chi connectivity index (χ2v) is 7.99. The summed E-state index contributed by atoms with van der Waals surface area (Å²) in [6, 6.07) is 8.72. The van der Waals surface area contributed by atoms with Gasteiger partial charge in [-0.25, -0.2) is 8.98 Å². The summed E-state index contributed by atoms with van der Waals surface area (Å²) in [6.45, 7) is 16.3. The van der Waals surface area contributed by atoms with Gasteiger partial charge in [-0.2, -0.15) is 0 Å². The highest BCUT2D eigenvalue weighted by molar-refractivity contribution is 5.63. The molecular weight excluding hydrogens is 270 g/mol. The van der Waals surface area contributed by atoms with E-state index in [1.165, 1.54) is 11.1 Å². The highest BCUT2D eigenvalue weighted by Gasteiger charge is 2.34. The van der Waals surface area contributed by atoms with Crippen molar-refractivity contribution in [1.82, 2.24) is 0 Å². The molecule has 0 fully saturated rings. The van der Waals surface area contributed by atoms with Crippen LogP contribution in [0.25, 0.3) is 11.1 Å². The van der Waals surface area contributed by atoms with Crippen LogP contribution in [0.15, 0.2) is 41.1 Å². The molecule has 0 bridgehead atoms. The molecule has 0 unspecified atom stereocenters. The van der Waals surface area contributed by atoms with Gasteiger partial charge in [0.1, 0.15) is 6.54 Å². The summed E-state index contributed by atoms with van der Waals surface area (Å²) >= 11 is 0. The van der Waals surface area contributed by atoms with Gasteiger partial charge in [0.15, 0.2) is 12.4 Å². The van der Waals surface area contributed by atoms with E-state index in [0.717, 1.165) is 18.1 Å². The first-order chi connectivity index (χ1) is 10.1. The Bertz CT molecular complexity index is 611. The van der Waals surface area contributed by atoms with Crippen molar-refractivity contribution in [1.29, 1.82) is 0 Å². The largest absolute Gasteiger partial charge is 0.335 e. The Labute approximate surface area is 134 Å². The Balaban J connectivity index is 2.59. The molecule has 0 atom stereocenters. The lowest BCUT2D eigenvalue weighted by molar-refractivity contribution is -0.693. The molecule has 118 valence electrons. The van der Waals surface area contributed by atoms with Gasteiger partial charge in [-0.15, -0.1) is 0 Å². The van der Waals surface area contributed by atoms with E-state index in [-0.39, 0.29) is 10.8 Å². The van der Waals surface area contributed by atoms with Crippen LogP contribution in [0.5, 0.6) is 0 Å². The Morgan fingerprint density at radius 1 is 0.818 bits per heavy atom. The van der Waals surface area contributed by atoms with Crippen LogP contribution in [0.2, 0.25) is 0 Å². The minimum absolute atomic E-state index is 0.00583. The van der Waals surface area contributed by atoms with Gasteiger partial charge < -0.3 is 0 Å². The Kier molecular flexibility index (Phi) is 4.42. The van der Waals surface area contributed by atoms with Crippen molar-refractivity contribution in [2.24, 2.45) is 0 Å². The van der Waals surface area contributed by atoms with Crippen molar-refractivity contribution in [3.8, 4) is 11.1 Å². The van der Waals surface area contributed by atoms with Gasteiger partial charge in [0.2, 0.25) is 0 Å². The van der Waals surface area contributed by atoms with Crippen LogP contribution in [0, 0.1) is 0 Å². The molecule has 0 aliphatic carbocycles. The fraction of sp³-hybridized carbons (Fsp3) is 0.500. The summed E-state index contributed by atoms with van der Waals surface area (Å²) < 4.78 is 8.38. The van der Waals surface area contributed by atoms with E-state index in [9.17, 15) is 0 Å². The smallest absolute Gasteiger partial charge is 0.217 e. The molecule has 2 nitrogen and oxygen atoms in total. The summed E-state index contributed by atoms with van der Waals surface area (Å²) in [5.74, 6) is 2.06. The molecule has 22 heavy (non-hydrogen) atoms. The van der Waals surface area contributed by atoms with E-state index in [2.05, 4.69) is 89.7 Å². The van der Waals surface area contributed by atoms with Gasteiger partial charge in [0, 0.05) is 29.8 Å². The minimum Gasteiger partial charge on any atom is -0.217 e. The van der Waals surface area contributed by atoms with E-state index in [0.29, 0.717) is 0 Å². The molecule has 0 N–H and O–H groups in total. The monoisotopic (exact) mass is 299 g/mol. The lowest BCUT2D eigenvalue weighted by Crippen LogP contribution is -2.30. The SMILES string of the molecule is CC[n+]1ccc(-c2cc(C(C)(C)C)[o+]c(C(C)(C)C)c2)cc1. The van der Waals surface area contributed by atoms with Crippen LogP contribution in [-0.2, 0) is 17.4 Å². The third-order valence-corrected chi connectivity index (χ3v) is 3.86. The van der Waals surface area contributed by atoms with Crippen molar-refractivity contribution >= 4 is 0 Å². The Morgan fingerprint density at radius 3 is 1.64 bits per heavy atom. The summed E-state index contributed by atoms with van der Waals surface area (Å²) in [5, 5.41) is 0. The van der Waals surface area contributed by atoms with Crippen molar-refractivity contribution in [2.45, 2.75) is 65.8 Å². The first-order valence-corrected chi connectivity index (χ1v) is 8.10. The van der Waals surface area contributed by atoms with Crippen LogP contribution in [0.1, 0.15) is 60.0 Å². The lowest BCUT2D eigenvalue weighted by Gasteiger charge is -2.15. The summed E-state index contributed by atoms with van der Waals surface area (Å²) in [7, 11) is 0. The number of pyridine rings is 1. The summed E-state index contributed by atoms with van der Waals surface area (Å²) in [5.41, 5.74) is 2.45.